The predicted molar refractivity (Wildman–Crippen MR) is 162 cm³/mol. The number of carboxylic acids is 1. The van der Waals surface area contributed by atoms with E-state index in [1.807, 2.05) is 37.4 Å². The number of carboxylic acid groups (broad SMARTS) is 1. The second-order valence-electron chi connectivity index (χ2n) is 10.1. The summed E-state index contributed by atoms with van der Waals surface area (Å²) < 4.78 is 33.8. The van der Waals surface area contributed by atoms with Crippen molar-refractivity contribution in [3.05, 3.63) is 47.0 Å². The number of carbonyl (C=O) groups is 3. The van der Waals surface area contributed by atoms with Gasteiger partial charge in [-0.2, -0.15) is 23.7 Å². The summed E-state index contributed by atoms with van der Waals surface area (Å²) in [7, 11) is -3.09. The summed E-state index contributed by atoms with van der Waals surface area (Å²) >= 11 is 0.957. The molecule has 2 aromatic rings. The highest BCUT2D eigenvalue weighted by Crippen LogP contribution is 2.25. The summed E-state index contributed by atoms with van der Waals surface area (Å²) in [4.78, 5) is 48.5. The monoisotopic (exact) mass is 651 g/mol. The number of thiazole rings is 1. The van der Waals surface area contributed by atoms with Crippen molar-refractivity contribution in [1.29, 1.82) is 0 Å². The van der Waals surface area contributed by atoms with Gasteiger partial charge >= 0.3 is 16.3 Å². The minimum absolute atomic E-state index is 0.0601. The highest BCUT2D eigenvalue weighted by molar-refractivity contribution is 7.84. The fourth-order valence-electron chi connectivity index (χ4n) is 3.86. The van der Waals surface area contributed by atoms with E-state index < -0.39 is 51.5 Å². The second kappa shape index (κ2) is 14.3. The Morgan fingerprint density at radius 1 is 1.32 bits per heavy atom. The molecule has 238 valence electrons. The van der Waals surface area contributed by atoms with Gasteiger partial charge in [-0.3, -0.25) is 14.1 Å². The van der Waals surface area contributed by atoms with Crippen LogP contribution in [0.2, 0.25) is 0 Å². The number of anilines is 1. The molecule has 19 heteroatoms. The fraction of sp³-hybridized carbons (Fsp3) is 0.400. The van der Waals surface area contributed by atoms with Gasteiger partial charge < -0.3 is 25.9 Å². The molecule has 2 amide bonds. The van der Waals surface area contributed by atoms with Crippen molar-refractivity contribution in [2.24, 2.45) is 15.4 Å². The van der Waals surface area contributed by atoms with Crippen LogP contribution < -0.4 is 11.1 Å². The van der Waals surface area contributed by atoms with Gasteiger partial charge in [-0.05, 0) is 32.9 Å². The van der Waals surface area contributed by atoms with Gasteiger partial charge in [0.2, 0.25) is 5.60 Å². The zero-order valence-corrected chi connectivity index (χ0v) is 25.7. The van der Waals surface area contributed by atoms with E-state index in [1.54, 1.807) is 0 Å². The number of nitrogen functional groups attached to an aromatic ring is 1. The van der Waals surface area contributed by atoms with Crippen molar-refractivity contribution in [2.45, 2.75) is 44.5 Å². The van der Waals surface area contributed by atoms with E-state index in [1.165, 1.54) is 25.4 Å². The minimum atomic E-state index is -5.02. The average Bonchev–Trinajstić information content (AvgIpc) is 3.38. The Labute approximate surface area is 257 Å². The van der Waals surface area contributed by atoms with Gasteiger partial charge in [0, 0.05) is 31.4 Å². The van der Waals surface area contributed by atoms with Crippen molar-refractivity contribution < 1.29 is 37.3 Å². The van der Waals surface area contributed by atoms with Crippen LogP contribution in [0.5, 0.6) is 0 Å². The van der Waals surface area contributed by atoms with E-state index in [2.05, 4.69) is 37.3 Å². The molecular formula is C25H33N9O8S2. The molecule has 2 atom stereocenters. The molecule has 1 aliphatic heterocycles. The zero-order chi connectivity index (χ0) is 32.7. The molecule has 1 aromatic carbocycles. The highest BCUT2D eigenvalue weighted by atomic mass is 32.2. The fourth-order valence-corrected chi connectivity index (χ4v) is 5.28. The standard InChI is InChI=1S/C25H33N9O8S2/c1-25(2,23(37)38)42-31-19(17-15-43-24(26)29-17)21(35)30-20-18(34(22(20)36)44(39,40)41)14-33(27-3)28-11-8-12-32(4)13-16-9-6-5-7-10-16/h5-7,9-11,15,18,20H,3,8,12-14H2,1-2,4H3,(H2,26,29)(H,30,35)(H,37,38)(H,39,40,41)/b28-11-,31-19-. The van der Waals surface area contributed by atoms with Gasteiger partial charge in [0.1, 0.15) is 17.8 Å². The van der Waals surface area contributed by atoms with E-state index in [4.69, 9.17) is 10.6 Å². The van der Waals surface area contributed by atoms with Gasteiger partial charge in [-0.1, -0.05) is 35.5 Å². The van der Waals surface area contributed by atoms with Crippen LogP contribution >= 0.6 is 11.3 Å². The first-order valence-corrected chi connectivity index (χ1v) is 15.2. The van der Waals surface area contributed by atoms with E-state index in [0.29, 0.717) is 19.5 Å². The van der Waals surface area contributed by atoms with Crippen molar-refractivity contribution in [2.75, 3.05) is 25.9 Å². The molecule has 17 nitrogen and oxygen atoms in total. The quantitative estimate of drug-likeness (QED) is 0.0827. The molecule has 5 N–H and O–H groups in total. The number of oxime groups is 1. The third-order valence-corrected chi connectivity index (χ3v) is 7.85. The molecule has 2 unspecified atom stereocenters. The molecule has 0 bridgehead atoms. The molecule has 1 fully saturated rings. The normalized spacial score (nSPS) is 17.4. The van der Waals surface area contributed by atoms with Crippen LogP contribution in [0.4, 0.5) is 5.13 Å². The lowest BCUT2D eigenvalue weighted by Crippen LogP contribution is -2.74. The molecule has 0 spiro atoms. The first-order chi connectivity index (χ1) is 20.6. The first-order valence-electron chi connectivity index (χ1n) is 13.0. The van der Waals surface area contributed by atoms with Gasteiger partial charge in [-0.15, -0.1) is 11.3 Å². The number of rotatable bonds is 16. The number of hydrogen-bond donors (Lipinski definition) is 4. The Morgan fingerprint density at radius 2 is 2.00 bits per heavy atom. The predicted octanol–water partition coefficient (Wildman–Crippen LogP) is 0.233. The number of hydrazone groups is 2. The maximum atomic E-state index is 13.2. The van der Waals surface area contributed by atoms with Crippen molar-refractivity contribution in [1.82, 2.24) is 24.6 Å². The number of aliphatic carboxylic acids is 1. The first kappa shape index (κ1) is 34.0. The van der Waals surface area contributed by atoms with Crippen LogP contribution in [0, 0.1) is 0 Å². The minimum Gasteiger partial charge on any atom is -0.478 e. The van der Waals surface area contributed by atoms with Gasteiger partial charge in [0.05, 0.1) is 6.54 Å². The van der Waals surface area contributed by atoms with Crippen molar-refractivity contribution >= 4 is 63.2 Å². The topological polar surface area (TPSA) is 233 Å². The Morgan fingerprint density at radius 3 is 2.57 bits per heavy atom. The highest BCUT2D eigenvalue weighted by Gasteiger charge is 2.55. The number of aromatic nitrogens is 1. The molecule has 1 aliphatic rings. The average molecular weight is 652 g/mol. The lowest BCUT2D eigenvalue weighted by Gasteiger charge is -2.44. The van der Waals surface area contributed by atoms with Crippen LogP contribution in [0.25, 0.3) is 0 Å². The molecule has 44 heavy (non-hydrogen) atoms. The number of amides is 2. The summed E-state index contributed by atoms with van der Waals surface area (Å²) in [5.41, 5.74) is 4.34. The van der Waals surface area contributed by atoms with E-state index in [-0.39, 0.29) is 21.7 Å². The smallest absolute Gasteiger partial charge is 0.362 e. The van der Waals surface area contributed by atoms with Gasteiger partial charge in [0.15, 0.2) is 10.8 Å². The number of β-lactam (4-membered cyclic amide) rings is 1. The second-order valence-corrected chi connectivity index (χ2v) is 12.2. The largest absolute Gasteiger partial charge is 0.478 e. The summed E-state index contributed by atoms with van der Waals surface area (Å²) in [5.74, 6) is -3.58. The van der Waals surface area contributed by atoms with E-state index >= 15 is 0 Å². The Kier molecular flexibility index (Phi) is 11.1. The van der Waals surface area contributed by atoms with Gasteiger partial charge in [-0.25, -0.2) is 14.1 Å². The maximum absolute atomic E-state index is 13.2. The molecule has 0 saturated carbocycles. The van der Waals surface area contributed by atoms with Crippen LogP contribution in [0.15, 0.2) is 51.1 Å². The maximum Gasteiger partial charge on any atom is 0.362 e. The Hall–Kier alpha value is -4.46. The zero-order valence-electron chi connectivity index (χ0n) is 24.1. The molecule has 1 saturated heterocycles. The lowest BCUT2D eigenvalue weighted by atomic mass is 9.98. The lowest BCUT2D eigenvalue weighted by molar-refractivity contribution is -0.161. The van der Waals surface area contributed by atoms with Gasteiger partial charge in [0.25, 0.3) is 11.8 Å². The van der Waals surface area contributed by atoms with Crippen molar-refractivity contribution in [3.8, 4) is 0 Å². The van der Waals surface area contributed by atoms with Crippen LogP contribution in [0.3, 0.4) is 0 Å². The third-order valence-electron chi connectivity index (χ3n) is 6.23. The Bertz CT molecular complexity index is 1530. The third kappa shape index (κ3) is 8.78. The summed E-state index contributed by atoms with van der Waals surface area (Å²) in [5, 5.41) is 25.6. The number of nitrogens with one attached hydrogen (secondary N) is 1. The summed E-state index contributed by atoms with van der Waals surface area (Å²) in [6, 6.07) is 7.00. The molecule has 0 aliphatic carbocycles. The van der Waals surface area contributed by atoms with Crippen LogP contribution in [-0.2, 0) is 36.1 Å². The molecular weight excluding hydrogens is 618 g/mol. The molecule has 1 aromatic heterocycles. The molecule has 2 heterocycles. The van der Waals surface area contributed by atoms with E-state index in [0.717, 1.165) is 22.0 Å². The van der Waals surface area contributed by atoms with Crippen LogP contribution in [0.1, 0.15) is 31.5 Å². The number of nitrogens with zero attached hydrogens (tertiary/aromatic N) is 7. The van der Waals surface area contributed by atoms with Crippen LogP contribution in [-0.4, -0.2) is 112 Å². The number of hydrogen-bond acceptors (Lipinski definition) is 14. The molecule has 0 radical (unpaired) electrons. The Balaban J connectivity index is 1.73. The number of benzene rings is 1. The van der Waals surface area contributed by atoms with Crippen molar-refractivity contribution in [3.63, 3.8) is 0 Å². The summed E-state index contributed by atoms with van der Waals surface area (Å²) in [6.07, 6.45) is 2.02. The van der Waals surface area contributed by atoms with E-state index in [9.17, 15) is 32.5 Å². The number of carbonyl (C=O) groups excluding carboxylic acids is 2. The number of nitrogens with two attached hydrogens (primary N) is 1. The molecule has 3 rings (SSSR count). The SMILES string of the molecule is C=NN(CC1C(NC(=O)/C(=N\OC(C)(C)C(=O)O)c2csc(N)n2)C(=O)N1S(=O)(=O)O)/N=C\CCN(C)Cc1ccccc1. The summed E-state index contributed by atoms with van der Waals surface area (Å²) in [6.45, 7) is 6.76.